The lowest BCUT2D eigenvalue weighted by Gasteiger charge is -2.56. The average molecular weight is 222 g/mol. The Morgan fingerprint density at radius 2 is 1.73 bits per heavy atom. The Hall–Kier alpha value is -0.710. The van der Waals surface area contributed by atoms with Crippen molar-refractivity contribution in [3.8, 4) is 0 Å². The van der Waals surface area contributed by atoms with E-state index in [9.17, 15) is 18.7 Å². The van der Waals surface area contributed by atoms with Crippen LogP contribution in [-0.4, -0.2) is 35.1 Å². The molecule has 0 saturated heterocycles. The molecule has 5 heteroatoms. The van der Waals surface area contributed by atoms with Crippen molar-refractivity contribution in [2.75, 3.05) is 13.3 Å². The van der Waals surface area contributed by atoms with Crippen molar-refractivity contribution < 1.29 is 23.8 Å². The molecule has 0 amide bonds. The summed E-state index contributed by atoms with van der Waals surface area (Å²) < 4.78 is 25.1. The molecule has 0 atom stereocenters. The van der Waals surface area contributed by atoms with Crippen LogP contribution in [0, 0.1) is 10.8 Å². The maximum Gasteiger partial charge on any atom is 0.312 e. The Kier molecular flexibility index (Phi) is 2.80. The monoisotopic (exact) mass is 222 g/mol. The molecule has 1 rings (SSSR count). The summed E-state index contributed by atoms with van der Waals surface area (Å²) in [6.45, 7) is 1.02. The van der Waals surface area contributed by atoms with Gasteiger partial charge in [-0.1, -0.05) is 0 Å². The minimum atomic E-state index is -1.50. The molecule has 3 nitrogen and oxygen atoms in total. The van der Waals surface area contributed by atoms with E-state index in [0.717, 1.165) is 0 Å². The van der Waals surface area contributed by atoms with E-state index >= 15 is 0 Å². The number of hydrogen-bond acceptors (Lipinski definition) is 2. The second kappa shape index (κ2) is 3.40. The minimum Gasteiger partial charge on any atom is -0.481 e. The van der Waals surface area contributed by atoms with E-state index in [1.54, 1.807) is 0 Å². The van der Waals surface area contributed by atoms with Crippen molar-refractivity contribution in [2.45, 2.75) is 32.3 Å². The number of alkyl halides is 2. The molecule has 1 aliphatic carbocycles. The van der Waals surface area contributed by atoms with Crippen LogP contribution >= 0.6 is 0 Å². The molecule has 1 fully saturated rings. The SMILES string of the molecule is CC(C)(C(=O)O)C1(O)CC(CF)(CF)C1. The quantitative estimate of drug-likeness (QED) is 0.758. The Morgan fingerprint density at radius 1 is 1.33 bits per heavy atom. The normalized spacial score (nSPS) is 23.3. The molecular formula is C10H16F2O3. The van der Waals surface area contributed by atoms with E-state index in [1.807, 2.05) is 0 Å². The lowest BCUT2D eigenvalue weighted by molar-refractivity contribution is -0.214. The lowest BCUT2D eigenvalue weighted by Crippen LogP contribution is -2.63. The predicted molar refractivity (Wildman–Crippen MR) is 50.0 cm³/mol. The third-order valence-electron chi connectivity index (χ3n) is 3.60. The summed E-state index contributed by atoms with van der Waals surface area (Å²) in [7, 11) is 0. The van der Waals surface area contributed by atoms with E-state index in [4.69, 9.17) is 5.11 Å². The van der Waals surface area contributed by atoms with Crippen LogP contribution < -0.4 is 0 Å². The van der Waals surface area contributed by atoms with Crippen molar-refractivity contribution in [3.63, 3.8) is 0 Å². The number of hydrogen-bond donors (Lipinski definition) is 2. The number of aliphatic carboxylic acids is 1. The van der Waals surface area contributed by atoms with Crippen molar-refractivity contribution in [1.29, 1.82) is 0 Å². The minimum absolute atomic E-state index is 0.133. The summed E-state index contributed by atoms with van der Waals surface area (Å²) >= 11 is 0. The van der Waals surface area contributed by atoms with Gasteiger partial charge in [0.25, 0.3) is 0 Å². The van der Waals surface area contributed by atoms with Crippen molar-refractivity contribution in [2.24, 2.45) is 10.8 Å². The molecule has 0 aromatic heterocycles. The Bertz CT molecular complexity index is 264. The smallest absolute Gasteiger partial charge is 0.312 e. The molecular weight excluding hydrogens is 206 g/mol. The van der Waals surface area contributed by atoms with E-state index in [0.29, 0.717) is 0 Å². The molecule has 0 aliphatic heterocycles. The van der Waals surface area contributed by atoms with Crippen LogP contribution in [0.1, 0.15) is 26.7 Å². The van der Waals surface area contributed by atoms with Crippen LogP contribution in [0.2, 0.25) is 0 Å². The molecule has 0 spiro atoms. The van der Waals surface area contributed by atoms with Crippen molar-refractivity contribution in [1.82, 2.24) is 0 Å². The van der Waals surface area contributed by atoms with Crippen LogP contribution in [0.15, 0.2) is 0 Å². The highest BCUT2D eigenvalue weighted by molar-refractivity contribution is 5.75. The van der Waals surface area contributed by atoms with Crippen LogP contribution in [-0.2, 0) is 4.79 Å². The van der Waals surface area contributed by atoms with Gasteiger partial charge in [-0.05, 0) is 26.7 Å². The number of carbonyl (C=O) groups is 1. The zero-order chi connectivity index (χ0) is 11.9. The van der Waals surface area contributed by atoms with Crippen LogP contribution in [0.4, 0.5) is 8.78 Å². The maximum absolute atomic E-state index is 12.5. The molecule has 0 bridgehead atoms. The van der Waals surface area contributed by atoms with E-state index in [1.165, 1.54) is 13.8 Å². The first-order valence-electron chi connectivity index (χ1n) is 4.81. The highest BCUT2D eigenvalue weighted by Gasteiger charge is 2.63. The van der Waals surface area contributed by atoms with Crippen LogP contribution in [0.3, 0.4) is 0 Å². The van der Waals surface area contributed by atoms with Gasteiger partial charge in [-0.3, -0.25) is 13.6 Å². The summed E-state index contributed by atoms with van der Waals surface area (Å²) in [6, 6.07) is 0. The molecule has 0 unspecified atom stereocenters. The van der Waals surface area contributed by atoms with Gasteiger partial charge in [0.2, 0.25) is 0 Å². The molecule has 88 valence electrons. The first kappa shape index (κ1) is 12.4. The summed E-state index contributed by atoms with van der Waals surface area (Å²) in [6.07, 6.45) is -0.265. The predicted octanol–water partition coefficient (Wildman–Crippen LogP) is 1.55. The first-order valence-corrected chi connectivity index (χ1v) is 4.81. The van der Waals surface area contributed by atoms with Gasteiger partial charge in [-0.2, -0.15) is 0 Å². The van der Waals surface area contributed by atoms with Gasteiger partial charge in [0.15, 0.2) is 0 Å². The number of rotatable bonds is 4. The number of aliphatic hydroxyl groups is 1. The highest BCUT2D eigenvalue weighted by Crippen LogP contribution is 2.56. The van der Waals surface area contributed by atoms with Gasteiger partial charge < -0.3 is 10.2 Å². The molecule has 1 aliphatic rings. The zero-order valence-electron chi connectivity index (χ0n) is 8.89. The maximum atomic E-state index is 12.5. The van der Waals surface area contributed by atoms with E-state index < -0.39 is 35.7 Å². The Morgan fingerprint density at radius 3 is 2.00 bits per heavy atom. The summed E-state index contributed by atoms with van der Waals surface area (Å²) in [5, 5.41) is 18.9. The second-order valence-corrected chi connectivity index (χ2v) is 5.08. The molecule has 0 aromatic rings. The molecule has 15 heavy (non-hydrogen) atoms. The highest BCUT2D eigenvalue weighted by atomic mass is 19.1. The van der Waals surface area contributed by atoms with Gasteiger partial charge in [0.05, 0.1) is 24.4 Å². The van der Waals surface area contributed by atoms with Gasteiger partial charge in [-0.15, -0.1) is 0 Å². The topological polar surface area (TPSA) is 57.5 Å². The summed E-state index contributed by atoms with van der Waals surface area (Å²) in [5.41, 5.74) is -4.04. The molecule has 0 aromatic carbocycles. The van der Waals surface area contributed by atoms with Crippen LogP contribution in [0.25, 0.3) is 0 Å². The largest absolute Gasteiger partial charge is 0.481 e. The lowest BCUT2D eigenvalue weighted by atomic mass is 9.52. The van der Waals surface area contributed by atoms with Gasteiger partial charge in [0.1, 0.15) is 0 Å². The standard InChI is InChI=1S/C10H16F2O3/c1-8(2,7(13)14)10(15)3-9(4-10,5-11)6-12/h15H,3-6H2,1-2H3,(H,13,14). The molecule has 2 N–H and O–H groups in total. The van der Waals surface area contributed by atoms with E-state index in [-0.39, 0.29) is 12.8 Å². The fourth-order valence-corrected chi connectivity index (χ4v) is 2.05. The fourth-order valence-electron chi connectivity index (χ4n) is 2.05. The third kappa shape index (κ3) is 1.62. The first-order chi connectivity index (χ1) is 6.73. The molecule has 1 saturated carbocycles. The van der Waals surface area contributed by atoms with Crippen molar-refractivity contribution in [3.05, 3.63) is 0 Å². The number of carboxylic acids is 1. The average Bonchev–Trinajstić information content (AvgIpc) is 2.12. The molecule has 0 heterocycles. The van der Waals surface area contributed by atoms with E-state index in [2.05, 4.69) is 0 Å². The number of halogens is 2. The number of carboxylic acid groups (broad SMARTS) is 1. The Balaban J connectivity index is 2.80. The van der Waals surface area contributed by atoms with Gasteiger partial charge >= 0.3 is 5.97 Å². The summed E-state index contributed by atoms with van der Waals surface area (Å²) in [4.78, 5) is 10.9. The summed E-state index contributed by atoms with van der Waals surface area (Å²) in [5.74, 6) is -1.16. The van der Waals surface area contributed by atoms with Gasteiger partial charge in [-0.25, -0.2) is 0 Å². The zero-order valence-corrected chi connectivity index (χ0v) is 8.89. The van der Waals surface area contributed by atoms with Gasteiger partial charge in [0, 0.05) is 5.41 Å². The van der Waals surface area contributed by atoms with Crippen LogP contribution in [0.5, 0.6) is 0 Å². The molecule has 0 radical (unpaired) electrons. The van der Waals surface area contributed by atoms with Crippen molar-refractivity contribution >= 4 is 5.97 Å². The Labute approximate surface area is 87.1 Å². The fraction of sp³-hybridized carbons (Fsp3) is 0.900. The third-order valence-corrected chi connectivity index (χ3v) is 3.60. The second-order valence-electron chi connectivity index (χ2n) is 5.08.